The van der Waals surface area contributed by atoms with Crippen molar-refractivity contribution in [2.45, 2.75) is 52.0 Å². The first-order chi connectivity index (χ1) is 14.2. The highest BCUT2D eigenvalue weighted by atomic mass is 16.3. The zero-order valence-electron chi connectivity index (χ0n) is 17.2. The zero-order chi connectivity index (χ0) is 20.5. The fourth-order valence-corrected chi connectivity index (χ4v) is 3.56. The van der Waals surface area contributed by atoms with Crippen LogP contribution in [0.3, 0.4) is 0 Å². The van der Waals surface area contributed by atoms with Crippen LogP contribution >= 0.6 is 0 Å². The van der Waals surface area contributed by atoms with Gasteiger partial charge in [-0.25, -0.2) is 4.98 Å². The average molecular weight is 394 g/mol. The van der Waals surface area contributed by atoms with Crippen LogP contribution in [-0.2, 0) is 13.0 Å². The number of Topliss-reactive ketones (excluding diaryl/α,β-unsaturated/α-hetero) is 1. The fourth-order valence-electron chi connectivity index (χ4n) is 3.56. The molecule has 1 aromatic heterocycles. The third-order valence-electron chi connectivity index (χ3n) is 5.20. The second kappa shape index (κ2) is 10.8. The van der Waals surface area contributed by atoms with Crippen molar-refractivity contribution in [1.82, 2.24) is 9.55 Å². The Labute approximate surface area is 172 Å². The van der Waals surface area contributed by atoms with Gasteiger partial charge in [-0.05, 0) is 30.5 Å². The van der Waals surface area contributed by atoms with E-state index < -0.39 is 0 Å². The largest absolute Gasteiger partial charge is 0.395 e. The van der Waals surface area contributed by atoms with E-state index >= 15 is 0 Å². The molecule has 0 saturated heterocycles. The van der Waals surface area contributed by atoms with Gasteiger partial charge in [-0.1, -0.05) is 69.0 Å². The number of para-hydroxylation sites is 2. The van der Waals surface area contributed by atoms with Gasteiger partial charge >= 0.3 is 0 Å². The lowest BCUT2D eigenvalue weighted by Crippen LogP contribution is -2.16. The standard InChI is InChI=1S/C24H31N3O2/c1-2-3-4-5-6-9-19-12-14-20(15-13-19)23(29)18-27-22-11-8-7-10-21(22)26-24(27)25-16-17-28/h7-8,10-15,28H,2-6,9,16-18H2,1H3,(H,25,26). The van der Waals surface area contributed by atoms with Crippen LogP contribution in [0.4, 0.5) is 5.95 Å². The Kier molecular flexibility index (Phi) is 7.82. The summed E-state index contributed by atoms with van der Waals surface area (Å²) < 4.78 is 1.88. The molecular formula is C24H31N3O2. The van der Waals surface area contributed by atoms with Crippen molar-refractivity contribution in [2.24, 2.45) is 0 Å². The zero-order valence-corrected chi connectivity index (χ0v) is 17.2. The number of aliphatic hydroxyl groups is 1. The molecule has 3 aromatic rings. The molecule has 0 bridgehead atoms. The number of nitrogens with one attached hydrogen (secondary N) is 1. The summed E-state index contributed by atoms with van der Waals surface area (Å²) in [5.74, 6) is 0.659. The number of rotatable bonds is 12. The number of aryl methyl sites for hydroxylation is 1. The van der Waals surface area contributed by atoms with E-state index in [0.29, 0.717) is 18.1 Å². The number of carbonyl (C=O) groups excluding carboxylic acids is 1. The quantitative estimate of drug-likeness (QED) is 0.341. The van der Waals surface area contributed by atoms with E-state index in [1.807, 2.05) is 41.0 Å². The number of anilines is 1. The van der Waals surface area contributed by atoms with Crippen LogP contribution in [0.1, 0.15) is 54.9 Å². The van der Waals surface area contributed by atoms with Gasteiger partial charge in [-0.3, -0.25) is 4.79 Å². The summed E-state index contributed by atoms with van der Waals surface area (Å²) in [6.45, 7) is 2.85. The first kappa shape index (κ1) is 21.1. The van der Waals surface area contributed by atoms with Gasteiger partial charge in [0.25, 0.3) is 0 Å². The molecule has 0 radical (unpaired) electrons. The maximum atomic E-state index is 12.9. The maximum absolute atomic E-state index is 12.9. The molecule has 5 heteroatoms. The third-order valence-corrected chi connectivity index (χ3v) is 5.20. The number of ketones is 1. The number of carbonyl (C=O) groups is 1. The summed E-state index contributed by atoms with van der Waals surface area (Å²) in [7, 11) is 0. The fraction of sp³-hybridized carbons (Fsp3) is 0.417. The van der Waals surface area contributed by atoms with Gasteiger partial charge in [0.05, 0.1) is 24.2 Å². The molecule has 0 aliphatic heterocycles. The molecule has 0 aliphatic carbocycles. The van der Waals surface area contributed by atoms with Crippen LogP contribution in [0, 0.1) is 0 Å². The van der Waals surface area contributed by atoms with E-state index in [1.54, 1.807) is 0 Å². The number of aliphatic hydroxyl groups excluding tert-OH is 1. The second-order valence-corrected chi connectivity index (χ2v) is 7.44. The van der Waals surface area contributed by atoms with Gasteiger partial charge < -0.3 is 15.0 Å². The number of hydrogen-bond acceptors (Lipinski definition) is 4. The van der Waals surface area contributed by atoms with Crippen LogP contribution in [-0.4, -0.2) is 33.6 Å². The van der Waals surface area contributed by atoms with E-state index in [4.69, 9.17) is 5.11 Å². The summed E-state index contributed by atoms with van der Waals surface area (Å²) in [6, 6.07) is 15.8. The predicted octanol–water partition coefficient (Wildman–Crippen LogP) is 4.84. The summed E-state index contributed by atoms with van der Waals surface area (Å²) in [6.07, 6.45) is 7.42. The summed E-state index contributed by atoms with van der Waals surface area (Å²) >= 11 is 0. The summed E-state index contributed by atoms with van der Waals surface area (Å²) in [4.78, 5) is 17.5. The molecule has 154 valence electrons. The highest BCUT2D eigenvalue weighted by Gasteiger charge is 2.14. The van der Waals surface area contributed by atoms with E-state index in [9.17, 15) is 4.79 Å². The molecule has 2 N–H and O–H groups in total. The average Bonchev–Trinajstić information content (AvgIpc) is 3.10. The van der Waals surface area contributed by atoms with Gasteiger partial charge in [0.2, 0.25) is 5.95 Å². The SMILES string of the molecule is CCCCCCCc1ccc(C(=O)Cn2c(NCCO)nc3ccccc32)cc1. The minimum absolute atomic E-state index is 0.0110. The van der Waals surface area contributed by atoms with Crippen molar-refractivity contribution in [1.29, 1.82) is 0 Å². The number of nitrogens with zero attached hydrogens (tertiary/aromatic N) is 2. The Morgan fingerprint density at radius 3 is 2.55 bits per heavy atom. The molecule has 0 aliphatic rings. The summed E-state index contributed by atoms with van der Waals surface area (Å²) in [5, 5.41) is 12.2. The number of unbranched alkanes of at least 4 members (excludes halogenated alkanes) is 4. The Morgan fingerprint density at radius 2 is 1.79 bits per heavy atom. The van der Waals surface area contributed by atoms with Crippen molar-refractivity contribution in [2.75, 3.05) is 18.5 Å². The highest BCUT2D eigenvalue weighted by Crippen LogP contribution is 2.20. The van der Waals surface area contributed by atoms with Crippen molar-refractivity contribution in [3.63, 3.8) is 0 Å². The van der Waals surface area contributed by atoms with Gasteiger partial charge in [-0.15, -0.1) is 0 Å². The molecule has 1 heterocycles. The van der Waals surface area contributed by atoms with Crippen LogP contribution in [0.5, 0.6) is 0 Å². The molecule has 0 spiro atoms. The third kappa shape index (κ3) is 5.67. The topological polar surface area (TPSA) is 67.2 Å². The van der Waals surface area contributed by atoms with Crippen LogP contribution < -0.4 is 5.32 Å². The molecule has 0 fully saturated rings. The Hall–Kier alpha value is -2.66. The molecule has 29 heavy (non-hydrogen) atoms. The first-order valence-electron chi connectivity index (χ1n) is 10.6. The van der Waals surface area contributed by atoms with E-state index in [-0.39, 0.29) is 18.9 Å². The Bertz CT molecular complexity index is 916. The Balaban J connectivity index is 1.67. The number of aromatic nitrogens is 2. The van der Waals surface area contributed by atoms with Crippen molar-refractivity contribution >= 4 is 22.8 Å². The van der Waals surface area contributed by atoms with Crippen molar-refractivity contribution < 1.29 is 9.90 Å². The molecule has 0 amide bonds. The minimum atomic E-state index is 0.0110. The second-order valence-electron chi connectivity index (χ2n) is 7.44. The van der Waals surface area contributed by atoms with Gasteiger partial charge in [0.15, 0.2) is 5.78 Å². The van der Waals surface area contributed by atoms with Crippen LogP contribution in [0.2, 0.25) is 0 Å². The lowest BCUT2D eigenvalue weighted by molar-refractivity contribution is 0.0974. The summed E-state index contributed by atoms with van der Waals surface area (Å²) in [5.41, 5.74) is 3.74. The molecular weight excluding hydrogens is 362 g/mol. The number of hydrogen-bond donors (Lipinski definition) is 2. The van der Waals surface area contributed by atoms with Gasteiger partial charge in [0.1, 0.15) is 0 Å². The normalized spacial score (nSPS) is 11.1. The molecule has 3 rings (SSSR count). The van der Waals surface area contributed by atoms with E-state index in [1.165, 1.54) is 37.7 Å². The maximum Gasteiger partial charge on any atom is 0.204 e. The first-order valence-corrected chi connectivity index (χ1v) is 10.6. The molecule has 0 unspecified atom stereocenters. The van der Waals surface area contributed by atoms with Crippen molar-refractivity contribution in [3.05, 3.63) is 59.7 Å². The highest BCUT2D eigenvalue weighted by molar-refractivity contribution is 5.97. The molecule has 5 nitrogen and oxygen atoms in total. The monoisotopic (exact) mass is 393 g/mol. The van der Waals surface area contributed by atoms with E-state index in [2.05, 4.69) is 29.4 Å². The van der Waals surface area contributed by atoms with Crippen LogP contribution in [0.15, 0.2) is 48.5 Å². The number of benzene rings is 2. The van der Waals surface area contributed by atoms with Gasteiger partial charge in [0, 0.05) is 12.1 Å². The lowest BCUT2D eigenvalue weighted by atomic mass is 10.0. The Morgan fingerprint density at radius 1 is 1.03 bits per heavy atom. The smallest absolute Gasteiger partial charge is 0.204 e. The minimum Gasteiger partial charge on any atom is -0.395 e. The lowest BCUT2D eigenvalue weighted by Gasteiger charge is -2.10. The van der Waals surface area contributed by atoms with Crippen molar-refractivity contribution in [3.8, 4) is 0 Å². The number of imidazole rings is 1. The predicted molar refractivity (Wildman–Crippen MR) is 119 cm³/mol. The van der Waals surface area contributed by atoms with E-state index in [0.717, 1.165) is 17.5 Å². The molecule has 0 saturated carbocycles. The van der Waals surface area contributed by atoms with Gasteiger partial charge in [-0.2, -0.15) is 0 Å². The molecule has 2 aromatic carbocycles. The molecule has 0 atom stereocenters. The van der Waals surface area contributed by atoms with Crippen LogP contribution in [0.25, 0.3) is 11.0 Å². The number of fused-ring (bicyclic) bond motifs is 1.